The Morgan fingerprint density at radius 2 is 1.85 bits per heavy atom. The summed E-state index contributed by atoms with van der Waals surface area (Å²) >= 11 is 0. The average molecular weight is 396 g/mol. The van der Waals surface area contributed by atoms with Gasteiger partial charge in [0, 0.05) is 13.1 Å². The molecule has 0 aromatic carbocycles. The van der Waals surface area contributed by atoms with Crippen molar-refractivity contribution in [1.29, 1.82) is 0 Å². The molecule has 0 radical (unpaired) electrons. The van der Waals surface area contributed by atoms with Crippen molar-refractivity contribution in [3.63, 3.8) is 0 Å². The van der Waals surface area contributed by atoms with Gasteiger partial charge in [0.25, 0.3) is 0 Å². The van der Waals surface area contributed by atoms with E-state index in [9.17, 15) is 4.79 Å². The van der Waals surface area contributed by atoms with Gasteiger partial charge < -0.3 is 20.7 Å². The topological polar surface area (TPSA) is 80.0 Å². The predicted molar refractivity (Wildman–Crippen MR) is 89.4 cm³/mol. The number of carbonyl (C=O) groups excluding carboxylic acids is 1. The molecule has 20 heavy (non-hydrogen) atoms. The van der Waals surface area contributed by atoms with E-state index in [0.717, 1.165) is 12.8 Å². The van der Waals surface area contributed by atoms with E-state index < -0.39 is 0 Å². The molecule has 0 bridgehead atoms. The summed E-state index contributed by atoms with van der Waals surface area (Å²) in [4.78, 5) is 17.4. The van der Waals surface area contributed by atoms with Crippen LogP contribution in [0.4, 0.5) is 4.79 Å². The van der Waals surface area contributed by atoms with E-state index in [1.165, 1.54) is 32.8 Å². The van der Waals surface area contributed by atoms with Crippen molar-refractivity contribution >= 4 is 36.0 Å². The Morgan fingerprint density at radius 1 is 1.25 bits per heavy atom. The number of rotatable bonds is 2. The molecule has 1 aliphatic carbocycles. The highest BCUT2D eigenvalue weighted by molar-refractivity contribution is 14.0. The normalized spacial score (nSPS) is 21.4. The SMILES string of the molecule is COC(=O)N1CC(NC(N)=NC2CCCCCC2)C1.I. The molecule has 2 rings (SSSR count). The second kappa shape index (κ2) is 8.53. The Labute approximate surface area is 137 Å². The van der Waals surface area contributed by atoms with E-state index in [4.69, 9.17) is 5.73 Å². The van der Waals surface area contributed by atoms with Gasteiger partial charge in [-0.25, -0.2) is 4.79 Å². The second-order valence-corrected chi connectivity index (χ2v) is 5.38. The Kier molecular flexibility index (Phi) is 7.39. The molecule has 1 saturated heterocycles. The van der Waals surface area contributed by atoms with Gasteiger partial charge in [-0.05, 0) is 12.8 Å². The van der Waals surface area contributed by atoms with Gasteiger partial charge in [-0.15, -0.1) is 24.0 Å². The number of halogens is 1. The van der Waals surface area contributed by atoms with Crippen molar-refractivity contribution in [3.8, 4) is 0 Å². The lowest BCUT2D eigenvalue weighted by Gasteiger charge is -2.38. The maximum absolute atomic E-state index is 11.2. The number of ether oxygens (including phenoxy) is 1. The number of hydrogen-bond donors (Lipinski definition) is 2. The zero-order valence-corrected chi connectivity index (χ0v) is 14.3. The van der Waals surface area contributed by atoms with Crippen LogP contribution in [0.15, 0.2) is 4.99 Å². The van der Waals surface area contributed by atoms with E-state index in [-0.39, 0.29) is 36.1 Å². The molecular weight excluding hydrogens is 371 g/mol. The maximum atomic E-state index is 11.2. The zero-order valence-electron chi connectivity index (χ0n) is 12.0. The summed E-state index contributed by atoms with van der Waals surface area (Å²) in [5.74, 6) is 0.515. The summed E-state index contributed by atoms with van der Waals surface area (Å²) in [6.45, 7) is 1.26. The molecule has 3 N–H and O–H groups in total. The quantitative estimate of drug-likeness (QED) is 0.322. The van der Waals surface area contributed by atoms with E-state index in [2.05, 4.69) is 15.0 Å². The Hall–Kier alpha value is -0.730. The van der Waals surface area contributed by atoms with Crippen molar-refractivity contribution in [3.05, 3.63) is 0 Å². The molecule has 0 spiro atoms. The number of carbonyl (C=O) groups is 1. The lowest BCUT2D eigenvalue weighted by molar-refractivity contribution is 0.0848. The molecule has 1 amide bonds. The van der Waals surface area contributed by atoms with E-state index in [1.54, 1.807) is 4.90 Å². The number of methoxy groups -OCH3 is 1. The minimum Gasteiger partial charge on any atom is -0.453 e. The molecule has 0 aromatic heterocycles. The maximum Gasteiger partial charge on any atom is 0.409 e. The van der Waals surface area contributed by atoms with Crippen LogP contribution in [0.25, 0.3) is 0 Å². The number of guanidine groups is 1. The zero-order chi connectivity index (χ0) is 13.7. The van der Waals surface area contributed by atoms with Crippen LogP contribution in [0.1, 0.15) is 38.5 Å². The fraction of sp³-hybridized carbons (Fsp3) is 0.846. The first-order chi connectivity index (χ1) is 9.19. The van der Waals surface area contributed by atoms with Crippen molar-refractivity contribution in [2.24, 2.45) is 10.7 Å². The van der Waals surface area contributed by atoms with E-state index in [0.29, 0.717) is 25.1 Å². The van der Waals surface area contributed by atoms with Crippen LogP contribution in [0.5, 0.6) is 0 Å². The molecule has 2 fully saturated rings. The third-order valence-corrected chi connectivity index (χ3v) is 3.81. The van der Waals surface area contributed by atoms with Crippen LogP contribution in [0, 0.1) is 0 Å². The number of nitrogens with two attached hydrogens (primary N) is 1. The number of nitrogens with one attached hydrogen (secondary N) is 1. The number of amides is 1. The molecule has 1 saturated carbocycles. The fourth-order valence-corrected chi connectivity index (χ4v) is 2.68. The third kappa shape index (κ3) is 4.99. The molecule has 0 aromatic rings. The highest BCUT2D eigenvalue weighted by atomic mass is 127. The summed E-state index contributed by atoms with van der Waals surface area (Å²) < 4.78 is 4.64. The van der Waals surface area contributed by atoms with Crippen LogP contribution in [-0.2, 0) is 4.74 Å². The van der Waals surface area contributed by atoms with Crippen molar-refractivity contribution < 1.29 is 9.53 Å². The summed E-state index contributed by atoms with van der Waals surface area (Å²) in [7, 11) is 1.39. The van der Waals surface area contributed by atoms with Gasteiger partial charge in [-0.3, -0.25) is 4.99 Å². The van der Waals surface area contributed by atoms with E-state index in [1.807, 2.05) is 0 Å². The number of likely N-dealkylation sites (tertiary alicyclic amines) is 1. The largest absolute Gasteiger partial charge is 0.453 e. The lowest BCUT2D eigenvalue weighted by Crippen LogP contribution is -2.62. The molecule has 116 valence electrons. The Morgan fingerprint density at radius 3 is 2.40 bits per heavy atom. The van der Waals surface area contributed by atoms with Gasteiger partial charge in [0.15, 0.2) is 5.96 Å². The first kappa shape index (κ1) is 17.3. The molecule has 1 heterocycles. The number of aliphatic imine (C=N–C) groups is 1. The molecule has 7 heteroatoms. The van der Waals surface area contributed by atoms with Gasteiger partial charge in [-0.1, -0.05) is 25.7 Å². The van der Waals surface area contributed by atoms with Gasteiger partial charge in [0.1, 0.15) is 0 Å². The third-order valence-electron chi connectivity index (χ3n) is 3.81. The van der Waals surface area contributed by atoms with E-state index >= 15 is 0 Å². The predicted octanol–water partition coefficient (Wildman–Crippen LogP) is 1.68. The van der Waals surface area contributed by atoms with Gasteiger partial charge >= 0.3 is 6.09 Å². The molecule has 0 atom stereocenters. The number of nitrogens with zero attached hydrogens (tertiary/aromatic N) is 2. The molecule has 6 nitrogen and oxygen atoms in total. The van der Waals surface area contributed by atoms with Crippen molar-refractivity contribution in [2.75, 3.05) is 20.2 Å². The fourth-order valence-electron chi connectivity index (χ4n) is 2.68. The minimum atomic E-state index is -0.280. The molecule has 0 unspecified atom stereocenters. The van der Waals surface area contributed by atoms with Gasteiger partial charge in [0.2, 0.25) is 0 Å². The minimum absolute atomic E-state index is 0. The molecular formula is C13H25IN4O2. The Balaban J connectivity index is 0.00000200. The van der Waals surface area contributed by atoms with Crippen LogP contribution in [0.3, 0.4) is 0 Å². The monoisotopic (exact) mass is 396 g/mol. The van der Waals surface area contributed by atoms with Gasteiger partial charge in [0.05, 0.1) is 19.2 Å². The van der Waals surface area contributed by atoms with Crippen LogP contribution >= 0.6 is 24.0 Å². The first-order valence-electron chi connectivity index (χ1n) is 7.11. The summed E-state index contributed by atoms with van der Waals surface area (Å²) in [6, 6.07) is 0.570. The molecule has 1 aliphatic heterocycles. The average Bonchev–Trinajstić information content (AvgIpc) is 2.61. The summed E-state index contributed by atoms with van der Waals surface area (Å²) in [5.41, 5.74) is 5.92. The lowest BCUT2D eigenvalue weighted by atomic mass is 10.1. The molecule has 2 aliphatic rings. The van der Waals surface area contributed by atoms with Crippen LogP contribution in [0.2, 0.25) is 0 Å². The van der Waals surface area contributed by atoms with Crippen LogP contribution < -0.4 is 11.1 Å². The highest BCUT2D eigenvalue weighted by Crippen LogP contribution is 2.19. The summed E-state index contributed by atoms with van der Waals surface area (Å²) in [6.07, 6.45) is 7.13. The van der Waals surface area contributed by atoms with Gasteiger partial charge in [-0.2, -0.15) is 0 Å². The Bertz CT molecular complexity index is 337. The van der Waals surface area contributed by atoms with Crippen molar-refractivity contribution in [1.82, 2.24) is 10.2 Å². The van der Waals surface area contributed by atoms with Crippen molar-refractivity contribution in [2.45, 2.75) is 50.6 Å². The summed E-state index contributed by atoms with van der Waals surface area (Å²) in [5, 5.41) is 3.17. The highest BCUT2D eigenvalue weighted by Gasteiger charge is 2.31. The first-order valence-corrected chi connectivity index (χ1v) is 7.11. The van der Waals surface area contributed by atoms with Crippen LogP contribution in [-0.4, -0.2) is 49.2 Å². The standard InChI is InChI=1S/C13H24N4O2.HI/c1-19-13(18)17-8-11(9-17)16-12(14)15-10-6-4-2-3-5-7-10;/h10-11H,2-9H2,1H3,(H3,14,15,16);1H. The second-order valence-electron chi connectivity index (χ2n) is 5.38. The smallest absolute Gasteiger partial charge is 0.409 e. The number of hydrogen-bond acceptors (Lipinski definition) is 3.